The van der Waals surface area contributed by atoms with Gasteiger partial charge in [-0.15, -0.1) is 0 Å². The highest BCUT2D eigenvalue weighted by Gasteiger charge is 2.41. The van der Waals surface area contributed by atoms with E-state index in [2.05, 4.69) is 4.98 Å². The predicted octanol–water partition coefficient (Wildman–Crippen LogP) is 2.98. The van der Waals surface area contributed by atoms with Gasteiger partial charge in [-0.25, -0.2) is 0 Å². The van der Waals surface area contributed by atoms with Crippen molar-refractivity contribution in [2.75, 3.05) is 7.05 Å². The van der Waals surface area contributed by atoms with Crippen LogP contribution in [0.15, 0.2) is 18.3 Å². The van der Waals surface area contributed by atoms with E-state index < -0.39 is 11.5 Å². The van der Waals surface area contributed by atoms with Crippen LogP contribution in [0.5, 0.6) is 0 Å². The second-order valence-corrected chi connectivity index (χ2v) is 6.02. The van der Waals surface area contributed by atoms with Crippen LogP contribution in [-0.4, -0.2) is 39.5 Å². The van der Waals surface area contributed by atoms with Crippen LogP contribution in [0.1, 0.15) is 49.0 Å². The van der Waals surface area contributed by atoms with Crippen LogP contribution in [0, 0.1) is 0 Å². The van der Waals surface area contributed by atoms with E-state index in [1.807, 2.05) is 0 Å². The number of carboxylic acids is 1. The third-order valence-corrected chi connectivity index (χ3v) is 4.46. The van der Waals surface area contributed by atoms with Gasteiger partial charge in [-0.2, -0.15) is 0 Å². The van der Waals surface area contributed by atoms with E-state index in [-0.39, 0.29) is 18.0 Å². The maximum atomic E-state index is 12.6. The summed E-state index contributed by atoms with van der Waals surface area (Å²) >= 11 is 5.89. The highest BCUT2D eigenvalue weighted by molar-refractivity contribution is 6.30. The fraction of sp³-hybridized carbons (Fsp3) is 0.533. The summed E-state index contributed by atoms with van der Waals surface area (Å²) in [6.45, 7) is 0. The molecule has 21 heavy (non-hydrogen) atoms. The van der Waals surface area contributed by atoms with Crippen LogP contribution in [0.2, 0.25) is 5.02 Å². The molecule has 1 fully saturated rings. The molecule has 0 unspecified atom stereocenters. The zero-order valence-electron chi connectivity index (χ0n) is 12.0. The number of pyridine rings is 1. The number of aromatic nitrogens is 1. The number of carbonyl (C=O) groups is 2. The molecule has 0 spiro atoms. The molecule has 0 aliphatic heterocycles. The summed E-state index contributed by atoms with van der Waals surface area (Å²) in [7, 11) is 1.67. The molecule has 0 atom stereocenters. The largest absolute Gasteiger partial charge is 0.481 e. The maximum absolute atomic E-state index is 12.6. The molecule has 1 aliphatic carbocycles. The Bertz CT molecular complexity index is 541. The average molecular weight is 311 g/mol. The van der Waals surface area contributed by atoms with Gasteiger partial charge >= 0.3 is 5.97 Å². The van der Waals surface area contributed by atoms with Crippen LogP contribution in [0.3, 0.4) is 0 Å². The minimum absolute atomic E-state index is 0.0319. The average Bonchev–Trinajstić information content (AvgIpc) is 2.46. The molecule has 0 radical (unpaired) electrons. The summed E-state index contributed by atoms with van der Waals surface area (Å²) in [5.74, 6) is -1.16. The molecule has 1 aromatic heterocycles. The van der Waals surface area contributed by atoms with Crippen molar-refractivity contribution in [3.05, 3.63) is 29.0 Å². The summed E-state index contributed by atoms with van der Waals surface area (Å²) in [5.41, 5.74) is -0.370. The fourth-order valence-corrected chi connectivity index (χ4v) is 3.19. The third kappa shape index (κ3) is 3.53. The number of hydrogen-bond acceptors (Lipinski definition) is 3. The van der Waals surface area contributed by atoms with Gasteiger partial charge in [-0.05, 0) is 25.0 Å². The Morgan fingerprint density at radius 2 is 2.05 bits per heavy atom. The van der Waals surface area contributed by atoms with Crippen molar-refractivity contribution in [3.8, 4) is 0 Å². The SMILES string of the molecule is CN(C(=O)c1cc(Cl)ccn1)C1(CC(=O)O)CCCCC1. The number of rotatable bonds is 4. The monoisotopic (exact) mass is 310 g/mol. The summed E-state index contributed by atoms with van der Waals surface area (Å²) in [5, 5.41) is 9.64. The van der Waals surface area contributed by atoms with Gasteiger partial charge in [0.05, 0.1) is 12.0 Å². The van der Waals surface area contributed by atoms with Crippen molar-refractivity contribution in [3.63, 3.8) is 0 Å². The third-order valence-electron chi connectivity index (χ3n) is 4.22. The normalized spacial score (nSPS) is 17.2. The van der Waals surface area contributed by atoms with E-state index in [0.29, 0.717) is 17.9 Å². The van der Waals surface area contributed by atoms with E-state index >= 15 is 0 Å². The molecule has 5 nitrogen and oxygen atoms in total. The molecule has 1 aliphatic rings. The van der Waals surface area contributed by atoms with Crippen LogP contribution < -0.4 is 0 Å². The number of nitrogens with zero attached hydrogens (tertiary/aromatic N) is 2. The van der Waals surface area contributed by atoms with Crippen molar-refractivity contribution in [1.29, 1.82) is 0 Å². The number of hydrogen-bond donors (Lipinski definition) is 1. The van der Waals surface area contributed by atoms with Gasteiger partial charge in [-0.3, -0.25) is 14.6 Å². The van der Waals surface area contributed by atoms with Gasteiger partial charge in [0.1, 0.15) is 5.69 Å². The lowest BCUT2D eigenvalue weighted by Crippen LogP contribution is -2.52. The molecule has 0 bridgehead atoms. The lowest BCUT2D eigenvalue weighted by Gasteiger charge is -2.43. The molecule has 6 heteroatoms. The molecule has 114 valence electrons. The van der Waals surface area contributed by atoms with Gasteiger partial charge in [0.2, 0.25) is 0 Å². The smallest absolute Gasteiger partial charge is 0.305 e. The zero-order valence-corrected chi connectivity index (χ0v) is 12.8. The van der Waals surface area contributed by atoms with E-state index in [1.165, 1.54) is 12.3 Å². The highest BCUT2D eigenvalue weighted by Crippen LogP contribution is 2.36. The fourth-order valence-electron chi connectivity index (χ4n) is 3.03. The van der Waals surface area contributed by atoms with E-state index in [1.54, 1.807) is 18.0 Å². The first-order valence-corrected chi connectivity index (χ1v) is 7.44. The van der Waals surface area contributed by atoms with Crippen molar-refractivity contribution in [2.24, 2.45) is 0 Å². The molecule has 0 aromatic carbocycles. The summed E-state index contributed by atoms with van der Waals surface area (Å²) < 4.78 is 0. The number of amides is 1. The summed E-state index contributed by atoms with van der Waals surface area (Å²) in [6, 6.07) is 3.11. The molecule has 1 heterocycles. The van der Waals surface area contributed by atoms with E-state index in [4.69, 9.17) is 11.6 Å². The minimum atomic E-state index is -0.879. The summed E-state index contributed by atoms with van der Waals surface area (Å²) in [6.07, 6.45) is 5.83. The first kappa shape index (κ1) is 15.8. The first-order valence-electron chi connectivity index (χ1n) is 7.06. The van der Waals surface area contributed by atoms with Gasteiger partial charge in [0, 0.05) is 18.3 Å². The van der Waals surface area contributed by atoms with Crippen molar-refractivity contribution in [1.82, 2.24) is 9.88 Å². The Kier molecular flexibility index (Phi) is 4.83. The number of aliphatic carboxylic acids is 1. The quantitative estimate of drug-likeness (QED) is 0.928. The van der Waals surface area contributed by atoms with Crippen LogP contribution >= 0.6 is 11.6 Å². The second-order valence-electron chi connectivity index (χ2n) is 5.58. The van der Waals surface area contributed by atoms with Gasteiger partial charge in [-0.1, -0.05) is 30.9 Å². The standard InChI is InChI=1S/C15H19ClN2O3/c1-18(14(21)12-9-11(16)5-8-17-12)15(10-13(19)20)6-3-2-4-7-15/h5,8-9H,2-4,6-7,10H2,1H3,(H,19,20). The summed E-state index contributed by atoms with van der Waals surface area (Å²) in [4.78, 5) is 29.4. The van der Waals surface area contributed by atoms with Crippen molar-refractivity contribution in [2.45, 2.75) is 44.1 Å². The van der Waals surface area contributed by atoms with Gasteiger partial charge < -0.3 is 10.0 Å². The van der Waals surface area contributed by atoms with Crippen LogP contribution in [0.25, 0.3) is 0 Å². The predicted molar refractivity (Wildman–Crippen MR) is 79.4 cm³/mol. The topological polar surface area (TPSA) is 70.5 Å². The Hall–Kier alpha value is -1.62. The zero-order chi connectivity index (χ0) is 15.5. The van der Waals surface area contributed by atoms with E-state index in [0.717, 1.165) is 19.3 Å². The van der Waals surface area contributed by atoms with Gasteiger partial charge in [0.15, 0.2) is 0 Å². The molecular weight excluding hydrogens is 292 g/mol. The molecule has 1 aromatic rings. The Labute approximate surface area is 128 Å². The Morgan fingerprint density at radius 3 is 2.62 bits per heavy atom. The maximum Gasteiger partial charge on any atom is 0.305 e. The molecular formula is C15H19ClN2O3. The van der Waals surface area contributed by atoms with Crippen molar-refractivity contribution >= 4 is 23.5 Å². The number of carboxylic acid groups (broad SMARTS) is 1. The molecule has 0 saturated heterocycles. The Morgan fingerprint density at radius 1 is 1.38 bits per heavy atom. The van der Waals surface area contributed by atoms with E-state index in [9.17, 15) is 14.7 Å². The van der Waals surface area contributed by atoms with Crippen LogP contribution in [-0.2, 0) is 4.79 Å². The number of halogens is 1. The number of carbonyl (C=O) groups excluding carboxylic acids is 1. The molecule has 2 rings (SSSR count). The minimum Gasteiger partial charge on any atom is -0.481 e. The molecule has 1 N–H and O–H groups in total. The molecule has 1 amide bonds. The van der Waals surface area contributed by atoms with Crippen LogP contribution in [0.4, 0.5) is 0 Å². The first-order chi connectivity index (χ1) is 9.94. The lowest BCUT2D eigenvalue weighted by atomic mass is 9.78. The Balaban J connectivity index is 2.27. The lowest BCUT2D eigenvalue weighted by molar-refractivity contribution is -0.140. The molecule has 1 saturated carbocycles. The van der Waals surface area contributed by atoms with Crippen molar-refractivity contribution < 1.29 is 14.7 Å². The highest BCUT2D eigenvalue weighted by atomic mass is 35.5. The second kappa shape index (κ2) is 6.43. The van der Waals surface area contributed by atoms with Gasteiger partial charge in [0.25, 0.3) is 5.91 Å².